The van der Waals surface area contributed by atoms with Crippen molar-refractivity contribution in [3.8, 4) is 0 Å². The lowest BCUT2D eigenvalue weighted by molar-refractivity contribution is 0.401. The lowest BCUT2D eigenvalue weighted by Gasteiger charge is -2.31. The molecule has 0 saturated carbocycles. The molecule has 0 aliphatic rings. The van der Waals surface area contributed by atoms with Crippen molar-refractivity contribution in [2.45, 2.75) is 38.2 Å². The van der Waals surface area contributed by atoms with Crippen LogP contribution in [0.1, 0.15) is 27.7 Å². The van der Waals surface area contributed by atoms with E-state index >= 15 is 0 Å². The molecule has 0 bridgehead atoms. The molecule has 0 radical (unpaired) electrons. The maximum Gasteiger partial charge on any atom is 0.0135 e. The zero-order valence-corrected chi connectivity index (χ0v) is 15.2. The van der Waals surface area contributed by atoms with E-state index in [1.807, 2.05) is 23.5 Å². The summed E-state index contributed by atoms with van der Waals surface area (Å²) in [7, 11) is 0. The molecule has 0 heterocycles. The largest absolute Gasteiger partial charge is 0.330 e. The molecule has 6 heteroatoms. The van der Waals surface area contributed by atoms with Crippen LogP contribution in [0.4, 0.5) is 0 Å². The third-order valence-corrected chi connectivity index (χ3v) is 7.79. The molecule has 0 aromatic heterocycles. The van der Waals surface area contributed by atoms with Gasteiger partial charge in [0.05, 0.1) is 0 Å². The van der Waals surface area contributed by atoms with Crippen LogP contribution in [0.5, 0.6) is 0 Å². The smallest absolute Gasteiger partial charge is 0.0135 e. The summed E-state index contributed by atoms with van der Waals surface area (Å²) < 4.78 is 0. The Bertz CT molecular complexity index is 230. The average molecular weight is 323 g/mol. The lowest BCUT2D eigenvalue weighted by atomic mass is 9.94. The summed E-state index contributed by atoms with van der Waals surface area (Å²) in [5.41, 5.74) is 23.3. The van der Waals surface area contributed by atoms with Gasteiger partial charge in [-0.2, -0.15) is 23.5 Å². The molecule has 20 heavy (non-hydrogen) atoms. The van der Waals surface area contributed by atoms with Crippen LogP contribution in [0.15, 0.2) is 0 Å². The first-order valence-corrected chi connectivity index (χ1v) is 9.39. The Labute approximate surface area is 133 Å². The van der Waals surface area contributed by atoms with Gasteiger partial charge < -0.3 is 22.9 Å². The molecule has 8 N–H and O–H groups in total. The van der Waals surface area contributed by atoms with Crippen LogP contribution in [0.3, 0.4) is 0 Å². The van der Waals surface area contributed by atoms with Gasteiger partial charge in [-0.3, -0.25) is 0 Å². The quantitative estimate of drug-likeness (QED) is 0.454. The Morgan fingerprint density at radius 1 is 0.700 bits per heavy atom. The molecule has 0 saturated heterocycles. The number of hydrogen-bond acceptors (Lipinski definition) is 6. The summed E-state index contributed by atoms with van der Waals surface area (Å²) >= 11 is 3.93. The highest BCUT2D eigenvalue weighted by atomic mass is 32.2. The monoisotopic (exact) mass is 322 g/mol. The van der Waals surface area contributed by atoms with Crippen molar-refractivity contribution in [3.05, 3.63) is 0 Å². The average Bonchev–Trinajstić information content (AvgIpc) is 2.49. The molecular weight excluding hydrogens is 288 g/mol. The topological polar surface area (TPSA) is 104 Å². The van der Waals surface area contributed by atoms with E-state index in [0.29, 0.717) is 36.7 Å². The molecule has 0 aliphatic heterocycles. The van der Waals surface area contributed by atoms with Crippen LogP contribution in [0, 0.1) is 10.8 Å². The Morgan fingerprint density at radius 3 is 1.15 bits per heavy atom. The number of rotatable bonds is 11. The summed E-state index contributed by atoms with van der Waals surface area (Å²) in [6.07, 6.45) is 0. The number of hydrogen-bond donors (Lipinski definition) is 4. The molecule has 0 aliphatic carbocycles. The van der Waals surface area contributed by atoms with Crippen molar-refractivity contribution in [2.24, 2.45) is 33.8 Å². The number of thioether (sulfide) groups is 2. The second kappa shape index (κ2) is 9.54. The second-order valence-electron chi connectivity index (χ2n) is 6.47. The van der Waals surface area contributed by atoms with E-state index in [1.54, 1.807) is 0 Å². The van der Waals surface area contributed by atoms with Crippen molar-refractivity contribution in [1.29, 1.82) is 0 Å². The fourth-order valence-corrected chi connectivity index (χ4v) is 4.15. The predicted octanol–water partition coefficient (Wildman–Crippen LogP) is 1.08. The van der Waals surface area contributed by atoms with Gasteiger partial charge in [-0.05, 0) is 26.2 Å². The van der Waals surface area contributed by atoms with E-state index in [1.165, 1.54) is 0 Å². The summed E-state index contributed by atoms with van der Waals surface area (Å²) in [6, 6.07) is 0. The molecule has 0 spiro atoms. The zero-order valence-electron chi connectivity index (χ0n) is 13.5. The van der Waals surface area contributed by atoms with E-state index in [9.17, 15) is 0 Å². The van der Waals surface area contributed by atoms with Gasteiger partial charge in [0.15, 0.2) is 0 Å². The summed E-state index contributed by atoms with van der Waals surface area (Å²) in [5.74, 6) is 2.02. The summed E-state index contributed by atoms with van der Waals surface area (Å²) in [4.78, 5) is 0. The van der Waals surface area contributed by atoms with Gasteiger partial charge in [0.1, 0.15) is 0 Å². The van der Waals surface area contributed by atoms with E-state index in [0.717, 1.165) is 11.5 Å². The Hall–Kier alpha value is 0.540. The first kappa shape index (κ1) is 20.5. The zero-order chi connectivity index (χ0) is 15.8. The second-order valence-corrected chi connectivity index (χ2v) is 9.20. The normalized spacial score (nSPS) is 16.2. The van der Waals surface area contributed by atoms with Crippen LogP contribution >= 0.6 is 23.5 Å². The van der Waals surface area contributed by atoms with Crippen molar-refractivity contribution in [3.63, 3.8) is 0 Å². The molecular formula is C14H34N4S2. The van der Waals surface area contributed by atoms with Gasteiger partial charge in [-0.15, -0.1) is 0 Å². The Balaban J connectivity index is 4.19. The molecule has 0 aromatic carbocycles. The van der Waals surface area contributed by atoms with Crippen LogP contribution in [-0.2, 0) is 0 Å². The summed E-state index contributed by atoms with van der Waals surface area (Å²) in [5, 5.41) is 1.13. The SMILES string of the molecule is CC(SCC(C)(CN)CN)C(C)SCC(C)(CN)CN. The minimum Gasteiger partial charge on any atom is -0.330 e. The summed E-state index contributed by atoms with van der Waals surface area (Å²) in [6.45, 7) is 11.4. The minimum absolute atomic E-state index is 0.0480. The Kier molecular flexibility index (Phi) is 9.79. The van der Waals surface area contributed by atoms with E-state index in [2.05, 4.69) is 27.7 Å². The minimum atomic E-state index is 0.0480. The third kappa shape index (κ3) is 7.00. The number of nitrogens with two attached hydrogens (primary N) is 4. The maximum absolute atomic E-state index is 5.81. The molecule has 0 rings (SSSR count). The highest BCUT2D eigenvalue weighted by Gasteiger charge is 2.26. The van der Waals surface area contributed by atoms with Crippen LogP contribution in [0.25, 0.3) is 0 Å². The van der Waals surface area contributed by atoms with E-state index < -0.39 is 0 Å². The lowest BCUT2D eigenvalue weighted by Crippen LogP contribution is -2.39. The van der Waals surface area contributed by atoms with Crippen LogP contribution in [0.2, 0.25) is 0 Å². The van der Waals surface area contributed by atoms with Gasteiger partial charge in [0.25, 0.3) is 0 Å². The molecule has 0 fully saturated rings. The van der Waals surface area contributed by atoms with Gasteiger partial charge >= 0.3 is 0 Å². The maximum atomic E-state index is 5.81. The van der Waals surface area contributed by atoms with Gasteiger partial charge in [-0.25, -0.2) is 0 Å². The van der Waals surface area contributed by atoms with Crippen molar-refractivity contribution in [2.75, 3.05) is 37.7 Å². The van der Waals surface area contributed by atoms with Gasteiger partial charge in [0.2, 0.25) is 0 Å². The van der Waals surface area contributed by atoms with Crippen LogP contribution < -0.4 is 22.9 Å². The molecule has 4 nitrogen and oxygen atoms in total. The standard InChI is InChI=1S/C14H34N4S2/c1-11(19-9-13(3,5-15)6-16)12(2)20-10-14(4,7-17)8-18/h11-12H,5-10,15-18H2,1-4H3. The van der Waals surface area contributed by atoms with E-state index in [-0.39, 0.29) is 10.8 Å². The van der Waals surface area contributed by atoms with Gasteiger partial charge in [0, 0.05) is 32.8 Å². The van der Waals surface area contributed by atoms with Gasteiger partial charge in [-0.1, -0.05) is 27.7 Å². The molecule has 122 valence electrons. The van der Waals surface area contributed by atoms with Crippen LogP contribution in [-0.4, -0.2) is 48.2 Å². The molecule has 2 atom stereocenters. The first-order valence-electron chi connectivity index (χ1n) is 7.29. The fourth-order valence-electron chi connectivity index (χ4n) is 1.34. The Morgan fingerprint density at radius 2 is 0.950 bits per heavy atom. The highest BCUT2D eigenvalue weighted by molar-refractivity contribution is 8.03. The first-order chi connectivity index (χ1) is 9.25. The molecule has 0 aromatic rings. The molecule has 2 unspecified atom stereocenters. The van der Waals surface area contributed by atoms with Crippen molar-refractivity contribution in [1.82, 2.24) is 0 Å². The van der Waals surface area contributed by atoms with E-state index in [4.69, 9.17) is 22.9 Å². The highest BCUT2D eigenvalue weighted by Crippen LogP contribution is 2.31. The third-order valence-electron chi connectivity index (χ3n) is 4.02. The van der Waals surface area contributed by atoms with Crippen molar-refractivity contribution >= 4 is 23.5 Å². The predicted molar refractivity (Wildman–Crippen MR) is 96.3 cm³/mol. The molecule has 0 amide bonds. The van der Waals surface area contributed by atoms with Crippen molar-refractivity contribution < 1.29 is 0 Å². The fraction of sp³-hybridized carbons (Fsp3) is 1.00.